The second-order valence-electron chi connectivity index (χ2n) is 12.1. The number of amides is 5. The van der Waals surface area contributed by atoms with Crippen molar-refractivity contribution in [3.8, 4) is 5.75 Å². The highest BCUT2D eigenvalue weighted by Crippen LogP contribution is 2.20. The van der Waals surface area contributed by atoms with Gasteiger partial charge in [-0.25, -0.2) is 4.79 Å². The average molecular weight is 693 g/mol. The third kappa shape index (κ3) is 11.1. The molecule has 2 aliphatic heterocycles. The van der Waals surface area contributed by atoms with Gasteiger partial charge in [-0.15, -0.1) is 0 Å². The second-order valence-corrected chi connectivity index (χ2v) is 12.1. The van der Waals surface area contributed by atoms with E-state index in [1.54, 1.807) is 0 Å². The molecule has 18 nitrogen and oxygen atoms in total. The summed E-state index contributed by atoms with van der Waals surface area (Å²) in [5.74, 6) is -6.80. The number of carboxylic acid groups (broad SMARTS) is 2. The van der Waals surface area contributed by atoms with Crippen LogP contribution in [-0.4, -0.2) is 134 Å². The maximum absolute atomic E-state index is 13.6. The molecule has 3 rings (SSSR count). The quantitative estimate of drug-likeness (QED) is 0.0777. The Morgan fingerprint density at radius 1 is 0.878 bits per heavy atom. The van der Waals surface area contributed by atoms with Crippen molar-refractivity contribution in [2.75, 3.05) is 19.7 Å². The zero-order valence-corrected chi connectivity index (χ0v) is 27.0. The summed E-state index contributed by atoms with van der Waals surface area (Å²) < 4.78 is 0. The van der Waals surface area contributed by atoms with Gasteiger partial charge < -0.3 is 57.0 Å². The molecular weight excluding hydrogens is 648 g/mol. The van der Waals surface area contributed by atoms with Gasteiger partial charge in [-0.05, 0) is 63.3 Å². The van der Waals surface area contributed by atoms with E-state index in [0.717, 1.165) is 11.3 Å². The number of phenolic OH excluding ortho intramolecular Hbond substituents is 1. The van der Waals surface area contributed by atoms with Gasteiger partial charge in [-0.2, -0.15) is 0 Å². The first-order valence-electron chi connectivity index (χ1n) is 16.0. The van der Waals surface area contributed by atoms with E-state index in [2.05, 4.69) is 26.6 Å². The van der Waals surface area contributed by atoms with Crippen LogP contribution in [0.15, 0.2) is 24.3 Å². The lowest BCUT2D eigenvalue weighted by Gasteiger charge is -2.31. The van der Waals surface area contributed by atoms with Gasteiger partial charge in [-0.3, -0.25) is 28.8 Å². The van der Waals surface area contributed by atoms with Crippen molar-refractivity contribution < 1.29 is 59.1 Å². The van der Waals surface area contributed by atoms with Gasteiger partial charge in [0.2, 0.25) is 29.5 Å². The maximum atomic E-state index is 13.6. The lowest BCUT2D eigenvalue weighted by molar-refractivity contribution is -0.146. The van der Waals surface area contributed by atoms with Crippen LogP contribution in [0.1, 0.15) is 51.0 Å². The molecule has 1 aromatic carbocycles. The molecule has 7 atom stereocenters. The Morgan fingerprint density at radius 2 is 1.53 bits per heavy atom. The van der Waals surface area contributed by atoms with Crippen LogP contribution in [0.25, 0.3) is 0 Å². The van der Waals surface area contributed by atoms with Crippen molar-refractivity contribution in [2.45, 2.75) is 94.2 Å². The zero-order chi connectivity index (χ0) is 36.2. The molecule has 10 N–H and O–H groups in total. The number of aliphatic hydroxyl groups excluding tert-OH is 2. The third-order valence-corrected chi connectivity index (χ3v) is 8.35. The number of carbonyl (C=O) groups is 7. The fourth-order valence-electron chi connectivity index (χ4n) is 5.64. The van der Waals surface area contributed by atoms with Gasteiger partial charge in [0.25, 0.3) is 0 Å². The van der Waals surface area contributed by atoms with Crippen molar-refractivity contribution in [1.29, 1.82) is 0 Å². The Bertz CT molecular complexity index is 1370. The predicted octanol–water partition coefficient (Wildman–Crippen LogP) is -3.06. The van der Waals surface area contributed by atoms with E-state index in [1.165, 1.54) is 31.2 Å². The number of nitrogens with zero attached hydrogens (tertiary/aromatic N) is 1. The average Bonchev–Trinajstić information content (AvgIpc) is 3.77. The predicted molar refractivity (Wildman–Crippen MR) is 169 cm³/mol. The van der Waals surface area contributed by atoms with Crippen molar-refractivity contribution in [3.63, 3.8) is 0 Å². The first-order chi connectivity index (χ1) is 23.2. The summed E-state index contributed by atoms with van der Waals surface area (Å²) >= 11 is 0. The number of aliphatic carboxylic acids is 2. The van der Waals surface area contributed by atoms with Crippen LogP contribution in [0.2, 0.25) is 0 Å². The van der Waals surface area contributed by atoms with Crippen molar-refractivity contribution >= 4 is 41.5 Å². The number of rotatable bonds is 17. The molecule has 0 aromatic heterocycles. The number of hydrogen-bond acceptors (Lipinski definition) is 11. The molecule has 0 unspecified atom stereocenters. The largest absolute Gasteiger partial charge is 0.508 e. The molecule has 49 heavy (non-hydrogen) atoms. The first kappa shape index (κ1) is 38.6. The summed E-state index contributed by atoms with van der Waals surface area (Å²) in [5, 5.41) is 61.1. The van der Waals surface area contributed by atoms with Crippen LogP contribution in [0.4, 0.5) is 0 Å². The zero-order valence-electron chi connectivity index (χ0n) is 27.0. The second kappa shape index (κ2) is 18.1. The molecule has 2 aliphatic rings. The summed E-state index contributed by atoms with van der Waals surface area (Å²) in [6.07, 6.45) is -0.667. The lowest BCUT2D eigenvalue weighted by Crippen LogP contribution is -2.61. The number of likely N-dealkylation sites (tertiary alicyclic amines) is 1. The minimum Gasteiger partial charge on any atom is -0.508 e. The molecule has 5 amide bonds. The van der Waals surface area contributed by atoms with E-state index >= 15 is 0 Å². The molecule has 0 saturated carbocycles. The number of benzene rings is 1. The Morgan fingerprint density at radius 3 is 2.10 bits per heavy atom. The topological polar surface area (TPSA) is 284 Å². The summed E-state index contributed by atoms with van der Waals surface area (Å²) in [6, 6.07) is -2.02. The molecule has 2 heterocycles. The number of hydrogen-bond donors (Lipinski definition) is 10. The van der Waals surface area contributed by atoms with E-state index in [4.69, 9.17) is 5.11 Å². The van der Waals surface area contributed by atoms with Gasteiger partial charge >= 0.3 is 11.9 Å². The minimum absolute atomic E-state index is 0.0204. The van der Waals surface area contributed by atoms with Gasteiger partial charge in [0.15, 0.2) is 0 Å². The number of phenols is 1. The van der Waals surface area contributed by atoms with Crippen LogP contribution in [0.5, 0.6) is 5.75 Å². The highest BCUT2D eigenvalue weighted by Gasteiger charge is 2.41. The van der Waals surface area contributed by atoms with Crippen molar-refractivity contribution in [2.24, 2.45) is 0 Å². The fraction of sp³-hybridized carbons (Fsp3) is 0.581. The summed E-state index contributed by atoms with van der Waals surface area (Å²) in [4.78, 5) is 89.9. The Hall–Kier alpha value is -4.81. The highest BCUT2D eigenvalue weighted by atomic mass is 16.4. The Labute approximate surface area is 281 Å². The van der Waals surface area contributed by atoms with Gasteiger partial charge in [0.05, 0.1) is 18.8 Å². The molecule has 0 bridgehead atoms. The molecule has 18 heteroatoms. The van der Waals surface area contributed by atoms with Crippen LogP contribution in [0, 0.1) is 0 Å². The molecule has 270 valence electrons. The normalized spacial score (nSPS) is 20.3. The van der Waals surface area contributed by atoms with E-state index in [0.29, 0.717) is 24.9 Å². The maximum Gasteiger partial charge on any atom is 0.326 e. The Kier molecular flexibility index (Phi) is 14.3. The summed E-state index contributed by atoms with van der Waals surface area (Å²) in [6.45, 7) is 0.876. The standard InChI is InChI=1S/C31H44N6O12/c1-16(39)25(30(47)37-13-3-5-23(37)29(46)34-21(31(48)49)14-17-6-8-18(40)9-7-17)36-28(45)22(15-38)35-27(44)20(10-11-24(41)42)33-26(43)19-4-2-12-32-19/h6-9,16,19-23,25,32,38-40H,2-5,10-15H2,1H3,(H,33,43)(H,34,46)(H,35,44)(H,36,45)(H,41,42)(H,48,49)/t16-,19+,20+,21+,22+,23+,25+/m1/s1. The first-order valence-corrected chi connectivity index (χ1v) is 16.0. The van der Waals surface area contributed by atoms with Crippen molar-refractivity contribution in [1.82, 2.24) is 31.5 Å². The number of carboxylic acids is 2. The lowest BCUT2D eigenvalue weighted by atomic mass is 10.0. The van der Waals surface area contributed by atoms with E-state index in [-0.39, 0.29) is 31.6 Å². The molecular formula is C31H44N6O12. The van der Waals surface area contributed by atoms with E-state index in [1.807, 2.05) is 0 Å². The summed E-state index contributed by atoms with van der Waals surface area (Å²) in [5.41, 5.74) is 0.522. The SMILES string of the molecule is C[C@@H](O)[C@H](NC(=O)[C@H](CO)NC(=O)[C@H](CCC(=O)O)NC(=O)[C@@H]1CCCN1)C(=O)N1CCC[C@H]1C(=O)N[C@@H](Cc1ccc(O)cc1)C(=O)O. The van der Waals surface area contributed by atoms with Gasteiger partial charge in [-0.1, -0.05) is 12.1 Å². The minimum atomic E-state index is -1.68. The fourth-order valence-corrected chi connectivity index (χ4v) is 5.64. The highest BCUT2D eigenvalue weighted by molar-refractivity contribution is 5.97. The van der Waals surface area contributed by atoms with Crippen LogP contribution >= 0.6 is 0 Å². The molecule has 0 aliphatic carbocycles. The van der Waals surface area contributed by atoms with Gasteiger partial charge in [0, 0.05) is 19.4 Å². The summed E-state index contributed by atoms with van der Waals surface area (Å²) in [7, 11) is 0. The third-order valence-electron chi connectivity index (χ3n) is 8.35. The molecule has 0 spiro atoms. The van der Waals surface area contributed by atoms with E-state index < -0.39 is 96.9 Å². The van der Waals surface area contributed by atoms with Gasteiger partial charge in [0.1, 0.15) is 36.0 Å². The number of aliphatic hydroxyl groups is 2. The number of aromatic hydroxyl groups is 1. The van der Waals surface area contributed by atoms with Crippen LogP contribution < -0.4 is 26.6 Å². The molecule has 0 radical (unpaired) electrons. The smallest absolute Gasteiger partial charge is 0.326 e. The molecule has 2 fully saturated rings. The number of nitrogens with one attached hydrogen (secondary N) is 5. The molecule has 2 saturated heterocycles. The van der Waals surface area contributed by atoms with E-state index in [9.17, 15) is 54.0 Å². The Balaban J connectivity index is 1.67. The van der Waals surface area contributed by atoms with Crippen LogP contribution in [0.3, 0.4) is 0 Å². The molecule has 1 aromatic rings. The van der Waals surface area contributed by atoms with Crippen molar-refractivity contribution in [3.05, 3.63) is 29.8 Å². The number of carbonyl (C=O) groups excluding carboxylic acids is 5. The monoisotopic (exact) mass is 692 g/mol. The van der Waals surface area contributed by atoms with Crippen LogP contribution in [-0.2, 0) is 40.0 Å².